The van der Waals surface area contributed by atoms with E-state index in [4.69, 9.17) is 11.6 Å². The minimum Gasteiger partial charge on any atom is -0.594 e. The predicted molar refractivity (Wildman–Crippen MR) is 39.6 cm³/mol. The van der Waals surface area contributed by atoms with Gasteiger partial charge in [-0.05, 0) is 11.6 Å². The topological polar surface area (TPSA) is 83.0 Å². The van der Waals surface area contributed by atoms with Crippen LogP contribution in [0.4, 0.5) is 5.69 Å². The number of hydrogen-bond acceptors (Lipinski definition) is 4. The molecule has 0 aliphatic carbocycles. The van der Waals surface area contributed by atoms with E-state index in [1.807, 2.05) is 0 Å². The van der Waals surface area contributed by atoms with Gasteiger partial charge in [0.15, 0.2) is 0 Å². The van der Waals surface area contributed by atoms with Crippen LogP contribution in [0.5, 0.6) is 0 Å². The van der Waals surface area contributed by atoms with Gasteiger partial charge in [0.2, 0.25) is 5.69 Å². The molecule has 0 fully saturated rings. The number of rotatable bonds is 1. The van der Waals surface area contributed by atoms with Crippen LogP contribution < -0.4 is 4.85 Å². The molecule has 0 spiro atoms. The van der Waals surface area contributed by atoms with Crippen molar-refractivity contribution in [3.63, 3.8) is 0 Å². The van der Waals surface area contributed by atoms with Crippen LogP contribution in [0.1, 0.15) is 5.69 Å². The van der Waals surface area contributed by atoms with Gasteiger partial charge in [0.25, 0.3) is 5.15 Å². The summed E-state index contributed by atoms with van der Waals surface area (Å²) in [4.78, 5) is 9.79. The first-order valence-electron chi connectivity index (χ1n) is 2.93. The average molecular weight is 190 g/mol. The van der Waals surface area contributed by atoms with Crippen molar-refractivity contribution in [3.05, 3.63) is 32.2 Å². The first kappa shape index (κ1) is 8.66. The lowest BCUT2D eigenvalue weighted by atomic mass is 10.4. The number of hydrogen-bond donors (Lipinski definition) is 0. The molecular weight excluding hydrogens is 186 g/mol. The Kier molecular flexibility index (Phi) is 2.09. The average Bonchev–Trinajstić information content (AvgIpc) is 1.96. The minimum atomic E-state index is -0.692. The quantitative estimate of drug-likeness (QED) is 0.280. The first-order valence-corrected chi connectivity index (χ1v) is 3.31. The summed E-state index contributed by atoms with van der Waals surface area (Å²) in [5.41, 5.74) is -0.229. The van der Waals surface area contributed by atoms with Crippen LogP contribution in [-0.2, 0) is 0 Å². The Morgan fingerprint density at radius 1 is 1.75 bits per heavy atom. The van der Waals surface area contributed by atoms with Crippen molar-refractivity contribution < 1.29 is 9.77 Å². The number of aryl methyl sites for hydroxylation is 1. The SMILES string of the molecule is Cc1cc([N+](=O)[O-])c(Cl)n[n+]1[O-]. The monoisotopic (exact) mass is 189 g/mol. The van der Waals surface area contributed by atoms with E-state index >= 15 is 0 Å². The molecule has 1 heterocycles. The predicted octanol–water partition coefficient (Wildman–Crippen LogP) is 0.585. The van der Waals surface area contributed by atoms with E-state index in [1.165, 1.54) is 6.92 Å². The molecular formula is C5H4ClN3O3. The number of nitro groups is 1. The summed E-state index contributed by atoms with van der Waals surface area (Å²) >= 11 is 5.32. The van der Waals surface area contributed by atoms with E-state index in [-0.39, 0.29) is 16.2 Å². The van der Waals surface area contributed by atoms with Crippen molar-refractivity contribution in [2.24, 2.45) is 0 Å². The lowest BCUT2D eigenvalue weighted by Crippen LogP contribution is -2.34. The van der Waals surface area contributed by atoms with E-state index in [0.29, 0.717) is 0 Å². The molecule has 64 valence electrons. The van der Waals surface area contributed by atoms with E-state index in [1.54, 1.807) is 0 Å². The molecule has 0 aliphatic rings. The Hall–Kier alpha value is -1.43. The van der Waals surface area contributed by atoms with Gasteiger partial charge in [0, 0.05) is 12.0 Å². The molecule has 1 rings (SSSR count). The molecule has 7 heteroatoms. The normalized spacial score (nSPS) is 9.83. The molecule has 0 saturated heterocycles. The van der Waals surface area contributed by atoms with Crippen molar-refractivity contribution in [1.29, 1.82) is 0 Å². The summed E-state index contributed by atoms with van der Waals surface area (Å²) < 4.78 is 0. The standard InChI is InChI=1S/C5H4ClN3O3/c1-3-2-4(9(11)12)5(6)7-8(3)10/h2H,1H3. The van der Waals surface area contributed by atoms with E-state index in [0.717, 1.165) is 6.07 Å². The first-order chi connectivity index (χ1) is 5.52. The van der Waals surface area contributed by atoms with Crippen molar-refractivity contribution in [3.8, 4) is 0 Å². The van der Waals surface area contributed by atoms with Crippen LogP contribution in [-0.4, -0.2) is 10.0 Å². The maximum absolute atomic E-state index is 10.7. The largest absolute Gasteiger partial charge is 0.594 e. The van der Waals surface area contributed by atoms with Gasteiger partial charge in [-0.1, -0.05) is 4.85 Å². The highest BCUT2D eigenvalue weighted by molar-refractivity contribution is 6.31. The third-order valence-electron chi connectivity index (χ3n) is 1.23. The molecule has 0 amide bonds. The van der Waals surface area contributed by atoms with Gasteiger partial charge in [0.1, 0.15) is 0 Å². The summed E-state index contributed by atoms with van der Waals surface area (Å²) in [5, 5.41) is 23.7. The molecule has 0 bridgehead atoms. The Balaban J connectivity index is 3.33. The Morgan fingerprint density at radius 3 is 2.83 bits per heavy atom. The fraction of sp³-hybridized carbons (Fsp3) is 0.200. The lowest BCUT2D eigenvalue weighted by molar-refractivity contribution is -0.675. The van der Waals surface area contributed by atoms with Crippen molar-refractivity contribution in [2.75, 3.05) is 0 Å². The van der Waals surface area contributed by atoms with E-state index < -0.39 is 10.1 Å². The Bertz CT molecular complexity index is 341. The molecule has 0 radical (unpaired) electrons. The molecule has 0 aliphatic heterocycles. The third kappa shape index (κ3) is 1.42. The van der Waals surface area contributed by atoms with E-state index in [2.05, 4.69) is 5.10 Å². The zero-order valence-corrected chi connectivity index (χ0v) is 6.78. The highest BCUT2D eigenvalue weighted by Crippen LogP contribution is 2.19. The second-order valence-corrected chi connectivity index (χ2v) is 2.45. The number of nitrogens with zero attached hydrogens (tertiary/aromatic N) is 3. The second-order valence-electron chi connectivity index (χ2n) is 2.09. The fourth-order valence-corrected chi connectivity index (χ4v) is 0.843. The Morgan fingerprint density at radius 2 is 2.33 bits per heavy atom. The van der Waals surface area contributed by atoms with Crippen LogP contribution in [0, 0.1) is 22.2 Å². The van der Waals surface area contributed by atoms with Gasteiger partial charge in [-0.25, -0.2) is 0 Å². The molecule has 1 aromatic rings. The molecule has 1 aromatic heterocycles. The van der Waals surface area contributed by atoms with Gasteiger partial charge in [0.05, 0.1) is 11.0 Å². The fourth-order valence-electron chi connectivity index (χ4n) is 0.651. The van der Waals surface area contributed by atoms with Gasteiger partial charge in [-0.15, -0.1) is 0 Å². The van der Waals surface area contributed by atoms with Crippen LogP contribution >= 0.6 is 11.6 Å². The summed E-state index contributed by atoms with van der Waals surface area (Å²) in [7, 11) is 0. The summed E-state index contributed by atoms with van der Waals surface area (Å²) in [6, 6.07) is 1.07. The third-order valence-corrected chi connectivity index (χ3v) is 1.50. The van der Waals surface area contributed by atoms with Gasteiger partial charge in [-0.3, -0.25) is 10.1 Å². The summed E-state index contributed by atoms with van der Waals surface area (Å²) in [5.74, 6) is 0. The van der Waals surface area contributed by atoms with Crippen molar-refractivity contribution in [1.82, 2.24) is 5.10 Å². The lowest BCUT2D eigenvalue weighted by Gasteiger charge is -1.97. The van der Waals surface area contributed by atoms with Crippen LogP contribution in [0.3, 0.4) is 0 Å². The zero-order valence-electron chi connectivity index (χ0n) is 6.02. The van der Waals surface area contributed by atoms with E-state index in [9.17, 15) is 15.3 Å². The molecule has 12 heavy (non-hydrogen) atoms. The number of halogens is 1. The number of aromatic nitrogens is 2. The van der Waals surface area contributed by atoms with Crippen molar-refractivity contribution in [2.45, 2.75) is 6.92 Å². The van der Waals surface area contributed by atoms with Crippen LogP contribution in [0.15, 0.2) is 6.07 Å². The minimum absolute atomic E-state index is 0.131. The molecule has 0 N–H and O–H groups in total. The van der Waals surface area contributed by atoms with Gasteiger partial charge < -0.3 is 5.21 Å². The molecule has 0 saturated carbocycles. The summed E-state index contributed by atoms with van der Waals surface area (Å²) in [6.07, 6.45) is 0. The molecule has 0 unspecified atom stereocenters. The highest BCUT2D eigenvalue weighted by Gasteiger charge is 2.19. The summed E-state index contributed by atoms with van der Waals surface area (Å²) in [6.45, 7) is 1.41. The molecule has 6 nitrogen and oxygen atoms in total. The van der Waals surface area contributed by atoms with Crippen molar-refractivity contribution >= 4 is 17.3 Å². The van der Waals surface area contributed by atoms with Gasteiger partial charge >= 0.3 is 5.69 Å². The Labute approximate surface area is 72.1 Å². The second kappa shape index (κ2) is 2.90. The maximum Gasteiger partial charge on any atom is 0.319 e. The van der Waals surface area contributed by atoms with Gasteiger partial charge in [-0.2, -0.15) is 0 Å². The smallest absolute Gasteiger partial charge is 0.319 e. The van der Waals surface area contributed by atoms with Crippen LogP contribution in [0.2, 0.25) is 5.15 Å². The zero-order chi connectivity index (χ0) is 9.30. The highest BCUT2D eigenvalue weighted by atomic mass is 35.5. The maximum atomic E-state index is 10.7. The molecule has 0 atom stereocenters. The van der Waals surface area contributed by atoms with Crippen LogP contribution in [0.25, 0.3) is 0 Å². The molecule has 0 aromatic carbocycles.